The second-order valence-electron chi connectivity index (χ2n) is 9.86. The number of nitrogens with zero attached hydrogens (tertiary/aromatic N) is 2. The summed E-state index contributed by atoms with van der Waals surface area (Å²) < 4.78 is 12.1. The van der Waals surface area contributed by atoms with Gasteiger partial charge in [0.15, 0.2) is 0 Å². The van der Waals surface area contributed by atoms with Crippen molar-refractivity contribution in [3.05, 3.63) is 12.7 Å². The van der Waals surface area contributed by atoms with Crippen molar-refractivity contribution < 1.29 is 29.0 Å². The van der Waals surface area contributed by atoms with E-state index < -0.39 is 41.1 Å². The van der Waals surface area contributed by atoms with Crippen LogP contribution in [0.4, 0.5) is 0 Å². The number of likely N-dealkylation sites (tertiary alicyclic amines) is 1. The van der Waals surface area contributed by atoms with Crippen LogP contribution in [0.5, 0.6) is 0 Å². The molecule has 2 amide bonds. The Kier molecular flexibility index (Phi) is 8.45. The zero-order valence-electron chi connectivity index (χ0n) is 21.3. The van der Waals surface area contributed by atoms with Gasteiger partial charge < -0.3 is 24.4 Å². The minimum absolute atomic E-state index is 0.185. The molecule has 8 nitrogen and oxygen atoms in total. The fourth-order valence-corrected chi connectivity index (χ4v) is 6.51. The molecule has 34 heavy (non-hydrogen) atoms. The molecule has 3 rings (SSSR count). The quantitative estimate of drug-likeness (QED) is 0.248. The monoisotopic (exact) mass is 478 g/mol. The molecule has 0 saturated carbocycles. The summed E-state index contributed by atoms with van der Waals surface area (Å²) in [6.45, 7) is 12.4. The molecule has 2 bridgehead atoms. The molecule has 192 valence electrons. The molecule has 0 aromatic heterocycles. The van der Waals surface area contributed by atoms with Crippen molar-refractivity contribution in [3.63, 3.8) is 0 Å². The SMILES string of the molecule is C=CCN(CCCCC)C(=O)C1N([C@@H](CC)CO)C(=O)[C@@H]2[C@H](C(=O)OCC)[C@]3(CC)CCC12O3. The maximum absolute atomic E-state index is 14.1. The van der Waals surface area contributed by atoms with Gasteiger partial charge >= 0.3 is 5.97 Å². The molecule has 0 radical (unpaired) electrons. The number of ether oxygens (including phenoxy) is 2. The largest absolute Gasteiger partial charge is 0.466 e. The molecule has 3 aliphatic rings. The van der Waals surface area contributed by atoms with Crippen molar-refractivity contribution in [1.82, 2.24) is 9.80 Å². The van der Waals surface area contributed by atoms with E-state index in [1.54, 1.807) is 22.8 Å². The molecule has 3 heterocycles. The average Bonchev–Trinajstić information content (AvgIpc) is 3.43. The third kappa shape index (κ3) is 4.06. The number of fused-ring (bicyclic) bond motifs is 1. The lowest BCUT2D eigenvalue weighted by Crippen LogP contribution is -2.59. The summed E-state index contributed by atoms with van der Waals surface area (Å²) in [5.41, 5.74) is -1.89. The summed E-state index contributed by atoms with van der Waals surface area (Å²) in [5, 5.41) is 10.1. The summed E-state index contributed by atoms with van der Waals surface area (Å²) in [5.74, 6) is -2.42. The first-order valence-corrected chi connectivity index (χ1v) is 13.0. The van der Waals surface area contributed by atoms with Crippen LogP contribution in [0.2, 0.25) is 0 Å². The molecule has 0 aromatic carbocycles. The van der Waals surface area contributed by atoms with Crippen LogP contribution in [0.3, 0.4) is 0 Å². The number of carbonyl (C=O) groups is 3. The Morgan fingerprint density at radius 1 is 1.29 bits per heavy atom. The molecule has 0 aromatic rings. The van der Waals surface area contributed by atoms with Gasteiger partial charge in [0, 0.05) is 13.1 Å². The standard InChI is InChI=1S/C26H42N2O6/c1-6-11-12-16-27(15-7-2)23(31)21-26-14-13-25(9-4,34-26)20(24(32)33-10-5)19(26)22(30)28(21)18(8-3)17-29/h7,18-21,29H,2,6,8-17H2,1,3-5H3/t18-,19-,20+,21?,25-,26?/m0/s1. The molecule has 3 saturated heterocycles. The molecule has 0 aliphatic carbocycles. The van der Waals surface area contributed by atoms with E-state index >= 15 is 0 Å². The lowest BCUT2D eigenvalue weighted by molar-refractivity contribution is -0.163. The van der Waals surface area contributed by atoms with Gasteiger partial charge in [-0.1, -0.05) is 39.7 Å². The van der Waals surface area contributed by atoms with Gasteiger partial charge in [-0.3, -0.25) is 14.4 Å². The Morgan fingerprint density at radius 3 is 2.59 bits per heavy atom. The van der Waals surface area contributed by atoms with E-state index in [9.17, 15) is 19.5 Å². The van der Waals surface area contributed by atoms with E-state index in [1.165, 1.54) is 0 Å². The third-order valence-electron chi connectivity index (χ3n) is 8.16. The molecular weight excluding hydrogens is 436 g/mol. The fourth-order valence-electron chi connectivity index (χ4n) is 6.51. The zero-order valence-corrected chi connectivity index (χ0v) is 21.3. The molecule has 1 N–H and O–H groups in total. The van der Waals surface area contributed by atoms with Crippen molar-refractivity contribution >= 4 is 17.8 Å². The number of aliphatic hydroxyl groups excluding tert-OH is 1. The maximum Gasteiger partial charge on any atom is 0.312 e. The molecule has 3 aliphatic heterocycles. The lowest BCUT2D eigenvalue weighted by Gasteiger charge is -2.39. The van der Waals surface area contributed by atoms with Gasteiger partial charge in [-0.25, -0.2) is 0 Å². The summed E-state index contributed by atoms with van der Waals surface area (Å²) in [6.07, 6.45) is 6.77. The minimum atomic E-state index is -1.09. The van der Waals surface area contributed by atoms with Crippen LogP contribution < -0.4 is 0 Å². The minimum Gasteiger partial charge on any atom is -0.466 e. The maximum atomic E-state index is 14.1. The number of carbonyl (C=O) groups excluding carboxylic acids is 3. The van der Waals surface area contributed by atoms with E-state index in [4.69, 9.17) is 9.47 Å². The number of hydrogen-bond acceptors (Lipinski definition) is 6. The third-order valence-corrected chi connectivity index (χ3v) is 8.16. The normalized spacial score (nSPS) is 32.6. The highest BCUT2D eigenvalue weighted by Gasteiger charge is 2.79. The number of unbranched alkanes of at least 4 members (excludes halogenated alkanes) is 2. The molecule has 2 unspecified atom stereocenters. The van der Waals surface area contributed by atoms with Gasteiger partial charge in [-0.15, -0.1) is 6.58 Å². The van der Waals surface area contributed by atoms with E-state index in [0.717, 1.165) is 19.3 Å². The van der Waals surface area contributed by atoms with Crippen LogP contribution in [0.15, 0.2) is 12.7 Å². The Bertz CT molecular complexity index is 783. The first kappa shape index (κ1) is 26.7. The van der Waals surface area contributed by atoms with Crippen molar-refractivity contribution in [2.75, 3.05) is 26.3 Å². The summed E-state index contributed by atoms with van der Waals surface area (Å²) >= 11 is 0. The number of rotatable bonds is 13. The van der Waals surface area contributed by atoms with E-state index in [1.807, 2.05) is 13.8 Å². The summed E-state index contributed by atoms with van der Waals surface area (Å²) in [7, 11) is 0. The van der Waals surface area contributed by atoms with Crippen LogP contribution in [0.1, 0.15) is 72.6 Å². The topological polar surface area (TPSA) is 96.4 Å². The molecule has 1 spiro atoms. The van der Waals surface area contributed by atoms with Crippen molar-refractivity contribution in [1.29, 1.82) is 0 Å². The van der Waals surface area contributed by atoms with Gasteiger partial charge in [0.05, 0.1) is 30.8 Å². The van der Waals surface area contributed by atoms with Crippen LogP contribution >= 0.6 is 0 Å². The molecule has 3 fully saturated rings. The second kappa shape index (κ2) is 10.8. The highest BCUT2D eigenvalue weighted by Crippen LogP contribution is 2.64. The number of aliphatic hydroxyl groups is 1. The van der Waals surface area contributed by atoms with Gasteiger partial charge in [0.25, 0.3) is 0 Å². The second-order valence-corrected chi connectivity index (χ2v) is 9.86. The Morgan fingerprint density at radius 2 is 2.03 bits per heavy atom. The smallest absolute Gasteiger partial charge is 0.312 e. The number of amides is 2. The van der Waals surface area contributed by atoms with Crippen molar-refractivity contribution in [2.45, 2.75) is 95.9 Å². The van der Waals surface area contributed by atoms with Gasteiger partial charge in [-0.2, -0.15) is 0 Å². The van der Waals surface area contributed by atoms with Crippen LogP contribution in [-0.4, -0.2) is 82.3 Å². The summed E-state index contributed by atoms with van der Waals surface area (Å²) in [6, 6.07) is -1.40. The van der Waals surface area contributed by atoms with E-state index in [-0.39, 0.29) is 25.0 Å². The highest BCUT2D eigenvalue weighted by atomic mass is 16.6. The van der Waals surface area contributed by atoms with Gasteiger partial charge in [0.2, 0.25) is 11.8 Å². The van der Waals surface area contributed by atoms with Crippen LogP contribution in [0.25, 0.3) is 0 Å². The van der Waals surface area contributed by atoms with Crippen LogP contribution in [-0.2, 0) is 23.9 Å². The fraction of sp³-hybridized carbons (Fsp3) is 0.808. The first-order chi connectivity index (χ1) is 16.3. The lowest BCUT2D eigenvalue weighted by atomic mass is 9.65. The van der Waals surface area contributed by atoms with Gasteiger partial charge in [-0.05, 0) is 39.0 Å². The number of hydrogen-bond donors (Lipinski definition) is 1. The van der Waals surface area contributed by atoms with Crippen molar-refractivity contribution in [2.24, 2.45) is 11.8 Å². The van der Waals surface area contributed by atoms with Gasteiger partial charge in [0.1, 0.15) is 17.6 Å². The molecule has 8 heteroatoms. The predicted molar refractivity (Wildman–Crippen MR) is 128 cm³/mol. The predicted octanol–water partition coefficient (Wildman–Crippen LogP) is 2.68. The van der Waals surface area contributed by atoms with Crippen molar-refractivity contribution in [3.8, 4) is 0 Å². The first-order valence-electron chi connectivity index (χ1n) is 13.0. The molecular formula is C26H42N2O6. The van der Waals surface area contributed by atoms with Crippen LogP contribution in [0, 0.1) is 11.8 Å². The highest BCUT2D eigenvalue weighted by molar-refractivity contribution is 5.98. The Hall–Kier alpha value is -1.93. The molecule has 6 atom stereocenters. The van der Waals surface area contributed by atoms with E-state index in [0.29, 0.717) is 38.8 Å². The summed E-state index contributed by atoms with van der Waals surface area (Å²) in [4.78, 5) is 44.6. The Labute approximate surface area is 203 Å². The average molecular weight is 479 g/mol. The Balaban J connectivity index is 2.09. The number of esters is 1. The van der Waals surface area contributed by atoms with E-state index in [2.05, 4.69) is 13.5 Å². The zero-order chi connectivity index (χ0) is 25.1.